The quantitative estimate of drug-likeness (QED) is 0.211. The second-order valence-corrected chi connectivity index (χ2v) is 10.4. The van der Waals surface area contributed by atoms with Crippen LogP contribution in [-0.2, 0) is 14.9 Å². The first kappa shape index (κ1) is 26.5. The Morgan fingerprint density at radius 2 is 1.84 bits per heavy atom. The van der Waals surface area contributed by atoms with E-state index in [-0.39, 0.29) is 18.6 Å². The van der Waals surface area contributed by atoms with Crippen LogP contribution in [0.5, 0.6) is 11.5 Å². The molecule has 8 nitrogen and oxygen atoms in total. The number of benzene rings is 2. The van der Waals surface area contributed by atoms with Crippen LogP contribution in [0.2, 0.25) is 5.02 Å². The van der Waals surface area contributed by atoms with Crippen LogP contribution in [-0.4, -0.2) is 45.1 Å². The minimum Gasteiger partial charge on any atom is -0.489 e. The largest absolute Gasteiger partial charge is 0.489 e. The van der Waals surface area contributed by atoms with Crippen molar-refractivity contribution >= 4 is 23.2 Å². The fourth-order valence-corrected chi connectivity index (χ4v) is 4.40. The number of esters is 1. The van der Waals surface area contributed by atoms with Gasteiger partial charge in [-0.1, -0.05) is 69.1 Å². The highest BCUT2D eigenvalue weighted by Gasteiger charge is 2.26. The second kappa shape index (κ2) is 10.8. The highest BCUT2D eigenvalue weighted by Crippen LogP contribution is 2.33. The van der Waals surface area contributed by atoms with Crippen LogP contribution in [0.1, 0.15) is 50.9 Å². The van der Waals surface area contributed by atoms with Crippen LogP contribution in [0.3, 0.4) is 0 Å². The van der Waals surface area contributed by atoms with E-state index in [1.165, 1.54) is 4.63 Å². The standard InChI is InChI=1S/C28H33ClN4O4/c1-7-20(37-21-13-12-17(2)16-18(21)3)27(34)36-15-14-35-22-11-9-8-10-19(22)25-30-26-23(29)24(28(4,5)6)31-33(26)32-25/h8-13,16,20H,7,14-15H2,1-6H3,(H,30,32). The molecule has 0 amide bonds. The van der Waals surface area contributed by atoms with Crippen LogP contribution in [0.15, 0.2) is 42.5 Å². The molecular formula is C28H33ClN4O4. The van der Waals surface area contributed by atoms with Gasteiger partial charge in [-0.2, -0.15) is 5.10 Å². The maximum Gasteiger partial charge on any atom is 0.347 e. The number of fused-ring (bicyclic) bond motifs is 1. The van der Waals surface area contributed by atoms with Gasteiger partial charge >= 0.3 is 5.97 Å². The van der Waals surface area contributed by atoms with E-state index in [0.717, 1.165) is 22.4 Å². The van der Waals surface area contributed by atoms with E-state index < -0.39 is 12.1 Å². The summed E-state index contributed by atoms with van der Waals surface area (Å²) in [5.41, 5.74) is 4.06. The summed E-state index contributed by atoms with van der Waals surface area (Å²) in [5, 5.41) is 9.66. The average molecular weight is 525 g/mol. The molecule has 2 heterocycles. The maximum atomic E-state index is 12.6. The molecule has 37 heavy (non-hydrogen) atoms. The van der Waals surface area contributed by atoms with E-state index in [0.29, 0.717) is 34.4 Å². The molecule has 4 aromatic rings. The molecule has 0 spiro atoms. The Bertz CT molecular complexity index is 1400. The first-order valence-electron chi connectivity index (χ1n) is 12.4. The van der Waals surface area contributed by atoms with Crippen molar-refractivity contribution in [1.82, 2.24) is 19.8 Å². The number of aromatic nitrogens is 4. The first-order valence-corrected chi connectivity index (χ1v) is 12.7. The highest BCUT2D eigenvalue weighted by atomic mass is 35.5. The number of nitrogens with zero attached hydrogens (tertiary/aromatic N) is 3. The Hall–Kier alpha value is -3.52. The average Bonchev–Trinajstić information content (AvgIpc) is 3.40. The predicted octanol–water partition coefficient (Wildman–Crippen LogP) is 6.07. The molecule has 0 fully saturated rings. The molecule has 2 aromatic carbocycles. The molecule has 0 aliphatic rings. The number of aryl methyl sites for hydroxylation is 2. The van der Waals surface area contributed by atoms with E-state index in [1.54, 1.807) is 0 Å². The number of ether oxygens (including phenoxy) is 3. The monoisotopic (exact) mass is 524 g/mol. The summed E-state index contributed by atoms with van der Waals surface area (Å²) >= 11 is 6.57. The number of carbonyl (C=O) groups is 1. The van der Waals surface area contributed by atoms with Gasteiger partial charge in [-0.05, 0) is 44.0 Å². The number of para-hydroxylation sites is 1. The Balaban J connectivity index is 1.38. The number of aromatic amines is 1. The fourth-order valence-electron chi connectivity index (χ4n) is 3.96. The summed E-state index contributed by atoms with van der Waals surface area (Å²) in [6, 6.07) is 13.3. The second-order valence-electron chi connectivity index (χ2n) is 10.0. The molecule has 0 bridgehead atoms. The third-order valence-corrected chi connectivity index (χ3v) is 6.27. The Morgan fingerprint density at radius 1 is 1.08 bits per heavy atom. The fraction of sp³-hybridized carbons (Fsp3) is 0.393. The van der Waals surface area contributed by atoms with Crippen molar-refractivity contribution in [2.75, 3.05) is 13.2 Å². The Morgan fingerprint density at radius 3 is 2.51 bits per heavy atom. The van der Waals surface area contributed by atoms with Crippen LogP contribution in [0.25, 0.3) is 17.0 Å². The molecule has 196 valence electrons. The van der Waals surface area contributed by atoms with Crippen molar-refractivity contribution in [3.63, 3.8) is 0 Å². The normalized spacial score (nSPS) is 12.5. The van der Waals surface area contributed by atoms with Gasteiger partial charge in [0.2, 0.25) is 0 Å². The lowest BCUT2D eigenvalue weighted by Crippen LogP contribution is -2.30. The third-order valence-electron chi connectivity index (χ3n) is 5.91. The van der Waals surface area contributed by atoms with Crippen LogP contribution in [0.4, 0.5) is 0 Å². The van der Waals surface area contributed by atoms with Crippen molar-refractivity contribution < 1.29 is 19.0 Å². The lowest BCUT2D eigenvalue weighted by Gasteiger charge is -2.18. The predicted molar refractivity (Wildman–Crippen MR) is 144 cm³/mol. The molecular weight excluding hydrogens is 492 g/mol. The van der Waals surface area contributed by atoms with E-state index >= 15 is 0 Å². The summed E-state index contributed by atoms with van der Waals surface area (Å²) in [4.78, 5) is 15.9. The lowest BCUT2D eigenvalue weighted by atomic mass is 9.92. The van der Waals surface area contributed by atoms with Gasteiger partial charge in [-0.15, -0.1) is 9.73 Å². The molecule has 9 heteroatoms. The first-order chi connectivity index (χ1) is 17.6. The molecule has 0 radical (unpaired) electrons. The van der Waals surface area contributed by atoms with Crippen LogP contribution < -0.4 is 9.47 Å². The van der Waals surface area contributed by atoms with E-state index in [4.69, 9.17) is 25.8 Å². The van der Waals surface area contributed by atoms with Gasteiger partial charge in [0.15, 0.2) is 17.6 Å². The van der Waals surface area contributed by atoms with Gasteiger partial charge < -0.3 is 19.2 Å². The Kier molecular flexibility index (Phi) is 7.78. The van der Waals surface area contributed by atoms with Crippen molar-refractivity contribution in [2.45, 2.75) is 59.5 Å². The van der Waals surface area contributed by atoms with Gasteiger partial charge in [0, 0.05) is 5.41 Å². The molecule has 2 aromatic heterocycles. The number of carbonyl (C=O) groups excluding carboxylic acids is 1. The number of halogens is 1. The minimum absolute atomic E-state index is 0.0855. The number of hydrogen-bond donors (Lipinski definition) is 1. The van der Waals surface area contributed by atoms with Crippen LogP contribution in [0, 0.1) is 13.8 Å². The summed E-state index contributed by atoms with van der Waals surface area (Å²) < 4.78 is 18.8. The lowest BCUT2D eigenvalue weighted by molar-refractivity contribution is -0.152. The SMILES string of the molecule is CCC(Oc1ccc(C)cc1C)C(=O)OCCOc1ccccc1-c1nn2nc(C(C)(C)C)c(Cl)c2[nH]1. The zero-order valence-electron chi connectivity index (χ0n) is 22.1. The smallest absolute Gasteiger partial charge is 0.347 e. The van der Waals surface area contributed by atoms with Gasteiger partial charge in [-0.25, -0.2) is 4.79 Å². The van der Waals surface area contributed by atoms with E-state index in [9.17, 15) is 4.79 Å². The van der Waals surface area contributed by atoms with Gasteiger partial charge in [0.1, 0.15) is 29.7 Å². The zero-order valence-corrected chi connectivity index (χ0v) is 22.8. The Labute approximate surface area is 221 Å². The summed E-state index contributed by atoms with van der Waals surface area (Å²) in [5.74, 6) is 1.43. The topological polar surface area (TPSA) is 90.7 Å². The summed E-state index contributed by atoms with van der Waals surface area (Å²) in [6.45, 7) is 12.3. The molecule has 0 saturated heterocycles. The van der Waals surface area contributed by atoms with Gasteiger partial charge in [-0.3, -0.25) is 0 Å². The summed E-state index contributed by atoms with van der Waals surface area (Å²) in [7, 11) is 0. The molecule has 0 aliphatic heterocycles. The number of hydrogen-bond acceptors (Lipinski definition) is 6. The zero-order chi connectivity index (χ0) is 26.7. The minimum atomic E-state index is -0.684. The third kappa shape index (κ3) is 5.91. The molecule has 1 N–H and O–H groups in total. The highest BCUT2D eigenvalue weighted by molar-refractivity contribution is 6.34. The van der Waals surface area contributed by atoms with Crippen molar-refractivity contribution in [3.8, 4) is 22.9 Å². The molecule has 1 atom stereocenters. The van der Waals surface area contributed by atoms with Crippen molar-refractivity contribution in [1.29, 1.82) is 0 Å². The number of H-pyrrole nitrogens is 1. The van der Waals surface area contributed by atoms with Crippen molar-refractivity contribution in [2.24, 2.45) is 0 Å². The summed E-state index contributed by atoms with van der Waals surface area (Å²) in [6.07, 6.45) is -0.189. The molecule has 0 saturated carbocycles. The van der Waals surface area contributed by atoms with Crippen molar-refractivity contribution in [3.05, 3.63) is 64.3 Å². The molecule has 4 rings (SSSR count). The number of nitrogens with one attached hydrogen (secondary N) is 1. The molecule has 1 unspecified atom stereocenters. The molecule has 0 aliphatic carbocycles. The van der Waals surface area contributed by atoms with Crippen LogP contribution >= 0.6 is 11.6 Å². The van der Waals surface area contributed by atoms with E-state index in [2.05, 4.69) is 36.0 Å². The van der Waals surface area contributed by atoms with Gasteiger partial charge in [0.25, 0.3) is 0 Å². The maximum absolute atomic E-state index is 12.6. The van der Waals surface area contributed by atoms with Gasteiger partial charge in [0.05, 0.1) is 11.3 Å². The van der Waals surface area contributed by atoms with E-state index in [1.807, 2.05) is 63.2 Å². The number of rotatable bonds is 9.